The third-order valence-corrected chi connectivity index (χ3v) is 6.75. The van der Waals surface area contributed by atoms with E-state index in [1.54, 1.807) is 6.92 Å². The number of rotatable bonds is 4. The molecule has 0 N–H and O–H groups in total. The average Bonchev–Trinajstić information content (AvgIpc) is 3.37. The van der Waals surface area contributed by atoms with E-state index in [1.807, 2.05) is 60.7 Å². The van der Waals surface area contributed by atoms with Gasteiger partial charge in [0, 0.05) is 10.8 Å². The van der Waals surface area contributed by atoms with E-state index in [-0.39, 0.29) is 60.3 Å². The van der Waals surface area contributed by atoms with Gasteiger partial charge in [0.15, 0.2) is 0 Å². The molecule has 1 nitrogen and oxygen atoms in total. The molecule has 0 fully saturated rings. The summed E-state index contributed by atoms with van der Waals surface area (Å²) in [5.41, 5.74) is 5.19. The number of nitrogens with zero attached hydrogens (tertiary/aromatic N) is 1. The van der Waals surface area contributed by atoms with Crippen molar-refractivity contribution in [2.45, 2.75) is 39.5 Å². The summed E-state index contributed by atoms with van der Waals surface area (Å²) in [6, 6.07) is 17.5. The van der Waals surface area contributed by atoms with Gasteiger partial charge in [-0.15, -0.1) is 0 Å². The highest BCUT2D eigenvalue weighted by molar-refractivity contribution is 6.10. The van der Waals surface area contributed by atoms with Gasteiger partial charge in [-0.25, -0.2) is 0 Å². The molecule has 182 valence electrons. The van der Waals surface area contributed by atoms with Crippen LogP contribution in [0.3, 0.4) is 0 Å². The van der Waals surface area contributed by atoms with Crippen molar-refractivity contribution in [1.82, 2.24) is 4.57 Å². The molecule has 37 heavy (non-hydrogen) atoms. The predicted octanol–water partition coefficient (Wildman–Crippen LogP) is 9.65. The molecule has 0 bridgehead atoms. The summed E-state index contributed by atoms with van der Waals surface area (Å²) in [6.07, 6.45) is 0.105. The van der Waals surface area contributed by atoms with Crippen molar-refractivity contribution in [3.8, 4) is 16.8 Å². The van der Waals surface area contributed by atoms with E-state index in [9.17, 15) is 0 Å². The van der Waals surface area contributed by atoms with Crippen LogP contribution in [-0.4, -0.2) is 4.57 Å². The van der Waals surface area contributed by atoms with Crippen LogP contribution in [0.1, 0.15) is 55.4 Å². The molecule has 1 aromatic heterocycles. The number of fused-ring (bicyclic) bond motifs is 3. The summed E-state index contributed by atoms with van der Waals surface area (Å²) in [5, 5.41) is 1.92. The second-order valence-electron chi connectivity index (χ2n) is 10.4. The lowest BCUT2D eigenvalue weighted by Crippen LogP contribution is -2.17. The van der Waals surface area contributed by atoms with Gasteiger partial charge in [0.25, 0.3) is 0 Å². The van der Waals surface area contributed by atoms with Gasteiger partial charge in [0.2, 0.25) is 0 Å². The second-order valence-corrected chi connectivity index (χ2v) is 10.4. The monoisotopic (exact) mass is 488 g/mol. The number of aromatic nitrogens is 1. The summed E-state index contributed by atoms with van der Waals surface area (Å²) in [4.78, 5) is 0. The summed E-state index contributed by atoms with van der Waals surface area (Å²) in [6.45, 7) is 7.84. The summed E-state index contributed by atoms with van der Waals surface area (Å²) >= 11 is 0. The summed E-state index contributed by atoms with van der Waals surface area (Å²) in [5.74, 6) is 0. The number of hydrogen-bond donors (Lipinski definition) is 0. The minimum atomic E-state index is -0.500. The van der Waals surface area contributed by atoms with Crippen LogP contribution in [0.4, 0.5) is 0 Å². The summed E-state index contributed by atoms with van der Waals surface area (Å²) in [7, 11) is 0. The Morgan fingerprint density at radius 2 is 1.51 bits per heavy atom. The molecular formula is C36H33N. The first-order valence-corrected chi connectivity index (χ1v) is 12.4. The maximum absolute atomic E-state index is 8.96. The van der Waals surface area contributed by atoms with Gasteiger partial charge in [-0.05, 0) is 58.7 Å². The second kappa shape index (κ2) is 9.09. The molecule has 0 aliphatic carbocycles. The largest absolute Gasteiger partial charge is 0.309 e. The van der Waals surface area contributed by atoms with Gasteiger partial charge >= 0.3 is 0 Å². The average molecular weight is 489 g/mol. The van der Waals surface area contributed by atoms with Crippen molar-refractivity contribution in [2.75, 3.05) is 0 Å². The fraction of sp³-hybridized carbons (Fsp3) is 0.167. The van der Waals surface area contributed by atoms with Gasteiger partial charge in [0.1, 0.15) is 0 Å². The molecule has 0 atom stereocenters. The Morgan fingerprint density at radius 1 is 0.757 bits per heavy atom. The molecule has 0 radical (unpaired) electrons. The number of para-hydroxylation sites is 2. The maximum atomic E-state index is 8.96. The Morgan fingerprint density at radius 3 is 2.32 bits per heavy atom. The first-order chi connectivity index (χ1) is 21.7. The van der Waals surface area contributed by atoms with E-state index in [4.69, 9.17) is 12.3 Å². The molecular weight excluding hydrogens is 446 g/mol. The molecule has 0 aliphatic heterocycles. The zero-order valence-electron chi connectivity index (χ0n) is 30.4. The van der Waals surface area contributed by atoms with Crippen molar-refractivity contribution in [1.29, 1.82) is 0 Å². The fourth-order valence-electron chi connectivity index (χ4n) is 5.33. The van der Waals surface area contributed by atoms with Crippen molar-refractivity contribution in [3.63, 3.8) is 0 Å². The topological polar surface area (TPSA) is 4.93 Å². The first kappa shape index (κ1) is 15.2. The van der Waals surface area contributed by atoms with Gasteiger partial charge in [-0.3, -0.25) is 0 Å². The predicted molar refractivity (Wildman–Crippen MR) is 159 cm³/mol. The minimum absolute atomic E-state index is 0.0535. The Labute approximate surface area is 232 Å². The molecule has 5 aromatic carbocycles. The highest BCUT2D eigenvalue weighted by Crippen LogP contribution is 2.42. The van der Waals surface area contributed by atoms with Crippen LogP contribution in [0.2, 0.25) is 0 Å². The third-order valence-electron chi connectivity index (χ3n) is 6.75. The lowest BCUT2D eigenvalue weighted by Gasteiger charge is -2.28. The quantitative estimate of drug-likeness (QED) is 0.233. The lowest BCUT2D eigenvalue weighted by atomic mass is 9.80. The normalized spacial score (nSPS) is 15.3. The lowest BCUT2D eigenvalue weighted by molar-refractivity contribution is 0.589. The van der Waals surface area contributed by atoms with Crippen LogP contribution in [-0.2, 0) is 11.8 Å². The number of benzene rings is 5. The van der Waals surface area contributed by atoms with E-state index in [1.165, 1.54) is 0 Å². The van der Waals surface area contributed by atoms with Gasteiger partial charge in [0.05, 0.1) is 29.1 Å². The molecule has 1 heterocycles. The molecule has 1 heteroatoms. The zero-order chi connectivity index (χ0) is 33.4. The SMILES string of the molecule is [2H]c1c([2H])c([2H])c(Cc2cccc3c4ccccc4n(-c4cccc(-c5c([2H])c([2H])c([2H])c(C)c5[2H])c4C(C)(C)C)c23)c([2H])c1[2H]. The number of hydrogen-bond acceptors (Lipinski definition) is 0. The Kier molecular flexibility index (Phi) is 3.74. The minimum Gasteiger partial charge on any atom is -0.309 e. The molecule has 0 saturated heterocycles. The fourth-order valence-corrected chi connectivity index (χ4v) is 5.33. The molecule has 0 spiro atoms. The molecule has 6 aromatic rings. The van der Waals surface area contributed by atoms with Crippen molar-refractivity contribution in [2.24, 2.45) is 0 Å². The van der Waals surface area contributed by atoms with Crippen molar-refractivity contribution < 1.29 is 12.3 Å². The van der Waals surface area contributed by atoms with Crippen LogP contribution >= 0.6 is 0 Å². The molecule has 6 rings (SSSR count). The van der Waals surface area contributed by atoms with Crippen LogP contribution < -0.4 is 0 Å². The molecule has 0 saturated carbocycles. The van der Waals surface area contributed by atoms with Gasteiger partial charge < -0.3 is 4.57 Å². The highest BCUT2D eigenvalue weighted by Gasteiger charge is 2.26. The van der Waals surface area contributed by atoms with Crippen LogP contribution in [0, 0.1) is 6.92 Å². The van der Waals surface area contributed by atoms with Crippen LogP contribution in [0.25, 0.3) is 38.6 Å². The molecule has 0 aliphatic rings. The molecule has 0 unspecified atom stereocenters. The van der Waals surface area contributed by atoms with E-state index in [0.29, 0.717) is 16.7 Å². The van der Waals surface area contributed by atoms with E-state index in [0.717, 1.165) is 38.6 Å². The van der Waals surface area contributed by atoms with Crippen LogP contribution in [0.5, 0.6) is 0 Å². The Bertz CT molecular complexity index is 2170. The highest BCUT2D eigenvalue weighted by atomic mass is 15.0. The van der Waals surface area contributed by atoms with E-state index in [2.05, 4.69) is 25.3 Å². The first-order valence-electron chi connectivity index (χ1n) is 16.9. The van der Waals surface area contributed by atoms with Gasteiger partial charge in [-0.2, -0.15) is 0 Å². The smallest absolute Gasteiger partial charge is 0.0632 e. The Hall–Kier alpha value is -4.10. The van der Waals surface area contributed by atoms with Crippen LogP contribution in [0.15, 0.2) is 115 Å². The third kappa shape index (κ3) is 4.15. The zero-order valence-corrected chi connectivity index (χ0v) is 21.4. The van der Waals surface area contributed by atoms with E-state index >= 15 is 0 Å². The standard InChI is InChI=1S/C36H33N/c1-25-13-10-16-27(23-25)29-19-12-22-33(34(29)36(2,3)4)37-32-21-9-8-18-30(32)31-20-11-17-28(35(31)37)24-26-14-6-5-7-15-26/h5-23H,24H2,1-4H3/i5D,6D,7D,10D,13D,14D,15D,16D,23D. The maximum Gasteiger partial charge on any atom is 0.0632 e. The molecule has 0 amide bonds. The van der Waals surface area contributed by atoms with Crippen molar-refractivity contribution >= 4 is 21.8 Å². The summed E-state index contributed by atoms with van der Waals surface area (Å²) < 4.78 is 78.5. The Balaban J connectivity index is 1.75. The van der Waals surface area contributed by atoms with Gasteiger partial charge in [-0.1, -0.05) is 129 Å². The van der Waals surface area contributed by atoms with Crippen molar-refractivity contribution in [3.05, 3.63) is 137 Å². The van der Waals surface area contributed by atoms with E-state index < -0.39 is 11.5 Å².